The normalized spacial score (nSPS) is 11.5. The molecule has 1 heterocycles. The molecule has 0 spiro atoms. The number of ether oxygens (including phenoxy) is 1. The second-order valence-corrected chi connectivity index (χ2v) is 10.7. The molecule has 0 unspecified atom stereocenters. The molecule has 0 bridgehead atoms. The number of anilines is 1. The number of carbonyl (C=O) groups is 2. The van der Waals surface area contributed by atoms with Gasteiger partial charge in [0, 0.05) is 24.3 Å². The molecular formula is C31H40N2O4. The summed E-state index contributed by atoms with van der Waals surface area (Å²) in [7, 11) is 0. The number of nitrogens with zero attached hydrogens (tertiary/aromatic N) is 1. The van der Waals surface area contributed by atoms with Gasteiger partial charge in [0.15, 0.2) is 5.88 Å². The van der Waals surface area contributed by atoms with Gasteiger partial charge in [-0.3, -0.25) is 9.59 Å². The number of amides is 1. The molecule has 6 nitrogen and oxygen atoms in total. The number of aromatic hydroxyl groups is 1. The van der Waals surface area contributed by atoms with E-state index in [-0.39, 0.29) is 23.7 Å². The third-order valence-corrected chi connectivity index (χ3v) is 6.08. The van der Waals surface area contributed by atoms with Crippen molar-refractivity contribution in [1.29, 1.82) is 0 Å². The van der Waals surface area contributed by atoms with Crippen LogP contribution in [0.5, 0.6) is 5.88 Å². The Morgan fingerprint density at radius 3 is 2.11 bits per heavy atom. The van der Waals surface area contributed by atoms with Crippen molar-refractivity contribution in [3.05, 3.63) is 71.9 Å². The number of esters is 1. The van der Waals surface area contributed by atoms with E-state index in [1.54, 1.807) is 0 Å². The van der Waals surface area contributed by atoms with E-state index in [1.165, 1.54) is 0 Å². The summed E-state index contributed by atoms with van der Waals surface area (Å²) in [6, 6.07) is 18.9. The number of para-hydroxylation sites is 1. The number of nitrogens with one attached hydrogen (secondary N) is 1. The third kappa shape index (κ3) is 7.72. The number of aromatic nitrogens is 1. The van der Waals surface area contributed by atoms with E-state index in [9.17, 15) is 14.7 Å². The number of hydrogen-bond donors (Lipinski definition) is 2. The fraction of sp³-hybridized carbons (Fsp3) is 0.419. The van der Waals surface area contributed by atoms with Crippen LogP contribution < -0.4 is 5.32 Å². The first-order valence-corrected chi connectivity index (χ1v) is 13.2. The van der Waals surface area contributed by atoms with Crippen LogP contribution in [0.4, 0.5) is 5.69 Å². The van der Waals surface area contributed by atoms with E-state index >= 15 is 0 Å². The Bertz CT molecular complexity index is 1180. The molecule has 0 saturated carbocycles. The lowest BCUT2D eigenvalue weighted by Gasteiger charge is -2.19. The van der Waals surface area contributed by atoms with Gasteiger partial charge in [-0.15, -0.1) is 0 Å². The van der Waals surface area contributed by atoms with Crippen molar-refractivity contribution in [3.63, 3.8) is 0 Å². The molecule has 0 fully saturated rings. The van der Waals surface area contributed by atoms with E-state index < -0.39 is 5.60 Å². The topological polar surface area (TPSA) is 80.6 Å². The predicted octanol–water partition coefficient (Wildman–Crippen LogP) is 7.53. The highest BCUT2D eigenvalue weighted by Crippen LogP contribution is 2.41. The molecule has 37 heavy (non-hydrogen) atoms. The maximum atomic E-state index is 13.6. The van der Waals surface area contributed by atoms with Crippen molar-refractivity contribution in [1.82, 2.24) is 4.57 Å². The molecule has 3 rings (SSSR count). The number of hydrogen-bond acceptors (Lipinski definition) is 4. The van der Waals surface area contributed by atoms with Gasteiger partial charge in [0.1, 0.15) is 5.60 Å². The van der Waals surface area contributed by atoms with Gasteiger partial charge in [-0.25, -0.2) is 0 Å². The summed E-state index contributed by atoms with van der Waals surface area (Å²) >= 11 is 0. The maximum absolute atomic E-state index is 13.6. The molecule has 6 heteroatoms. The third-order valence-electron chi connectivity index (χ3n) is 6.08. The molecular weight excluding hydrogens is 464 g/mol. The monoisotopic (exact) mass is 504 g/mol. The summed E-state index contributed by atoms with van der Waals surface area (Å²) < 4.78 is 7.27. The van der Waals surface area contributed by atoms with Crippen LogP contribution in [0.25, 0.3) is 11.1 Å². The maximum Gasteiger partial charge on any atom is 0.306 e. The standard InChI is InChI=1S/C31H40N2O4/c1-22(2)28-27(29(35)32-24-18-12-9-13-19-24)26(23-16-10-8-11-17-23)30(36)33(28)21-15-7-6-14-20-25(34)37-31(3,4)5/h8-13,16-19,22,36H,6-7,14-15,20-21H2,1-5H3,(H,32,35). The highest BCUT2D eigenvalue weighted by atomic mass is 16.6. The van der Waals surface area contributed by atoms with Crippen molar-refractivity contribution >= 4 is 17.6 Å². The summed E-state index contributed by atoms with van der Waals surface area (Å²) in [6.45, 7) is 10.3. The van der Waals surface area contributed by atoms with Crippen molar-refractivity contribution in [2.75, 3.05) is 5.32 Å². The Morgan fingerprint density at radius 2 is 1.51 bits per heavy atom. The summed E-state index contributed by atoms with van der Waals surface area (Å²) in [4.78, 5) is 25.5. The SMILES string of the molecule is CC(C)c1c(C(=O)Nc2ccccc2)c(-c2ccccc2)c(O)n1CCCCCCC(=O)OC(C)(C)C. The Balaban J connectivity index is 1.80. The number of unbranched alkanes of at least 4 members (excludes halogenated alkanes) is 3. The fourth-order valence-corrected chi connectivity index (χ4v) is 4.56. The molecule has 1 aromatic heterocycles. The summed E-state index contributed by atoms with van der Waals surface area (Å²) in [6.07, 6.45) is 3.80. The molecule has 2 N–H and O–H groups in total. The molecule has 0 saturated heterocycles. The Hall–Kier alpha value is -3.54. The Morgan fingerprint density at radius 1 is 0.919 bits per heavy atom. The minimum atomic E-state index is -0.461. The second kappa shape index (κ2) is 12.6. The first-order chi connectivity index (χ1) is 17.6. The highest BCUT2D eigenvalue weighted by Gasteiger charge is 2.29. The quantitative estimate of drug-likeness (QED) is 0.209. The van der Waals surface area contributed by atoms with Gasteiger partial charge in [0.25, 0.3) is 5.91 Å². The molecule has 0 aliphatic rings. The fourth-order valence-electron chi connectivity index (χ4n) is 4.56. The molecule has 2 aromatic carbocycles. The zero-order valence-corrected chi connectivity index (χ0v) is 22.7. The number of benzene rings is 2. The average Bonchev–Trinajstić information content (AvgIpc) is 3.13. The molecule has 0 atom stereocenters. The van der Waals surface area contributed by atoms with Crippen molar-refractivity contribution in [2.24, 2.45) is 0 Å². The minimum absolute atomic E-state index is 0.0204. The zero-order chi connectivity index (χ0) is 27.0. The number of carbonyl (C=O) groups excluding carboxylic acids is 2. The zero-order valence-electron chi connectivity index (χ0n) is 22.7. The molecule has 0 aliphatic heterocycles. The van der Waals surface area contributed by atoms with Crippen LogP contribution >= 0.6 is 0 Å². The van der Waals surface area contributed by atoms with Crippen LogP contribution in [0, 0.1) is 0 Å². The van der Waals surface area contributed by atoms with E-state index in [0.29, 0.717) is 29.8 Å². The van der Waals surface area contributed by atoms with E-state index in [4.69, 9.17) is 4.74 Å². The first-order valence-electron chi connectivity index (χ1n) is 13.2. The number of rotatable bonds is 11. The Labute approximate surface area is 220 Å². The van der Waals surface area contributed by atoms with Crippen LogP contribution in [-0.4, -0.2) is 27.2 Å². The molecule has 3 aromatic rings. The molecule has 198 valence electrons. The molecule has 0 aliphatic carbocycles. The highest BCUT2D eigenvalue weighted by molar-refractivity contribution is 6.11. The summed E-state index contributed by atoms with van der Waals surface area (Å²) in [5, 5.41) is 14.4. The predicted molar refractivity (Wildman–Crippen MR) is 149 cm³/mol. The van der Waals surface area contributed by atoms with Gasteiger partial charge < -0.3 is 19.7 Å². The smallest absolute Gasteiger partial charge is 0.306 e. The van der Waals surface area contributed by atoms with Gasteiger partial charge >= 0.3 is 5.97 Å². The lowest BCUT2D eigenvalue weighted by atomic mass is 9.97. The summed E-state index contributed by atoms with van der Waals surface area (Å²) in [5.41, 5.74) is 2.93. The van der Waals surface area contributed by atoms with Crippen molar-refractivity contribution in [3.8, 4) is 17.0 Å². The van der Waals surface area contributed by atoms with Gasteiger partial charge in [0.05, 0.1) is 11.1 Å². The molecule has 0 radical (unpaired) electrons. The van der Waals surface area contributed by atoms with Crippen LogP contribution in [0.15, 0.2) is 60.7 Å². The molecule has 1 amide bonds. The summed E-state index contributed by atoms with van der Waals surface area (Å²) in [5.74, 6) is -0.270. The van der Waals surface area contributed by atoms with Crippen LogP contribution in [0.1, 0.15) is 88.7 Å². The van der Waals surface area contributed by atoms with E-state index in [1.807, 2.05) is 99.8 Å². The Kier molecular flexibility index (Phi) is 9.56. The minimum Gasteiger partial charge on any atom is -0.494 e. The largest absolute Gasteiger partial charge is 0.494 e. The van der Waals surface area contributed by atoms with Crippen molar-refractivity contribution in [2.45, 2.75) is 84.8 Å². The first kappa shape index (κ1) is 28.0. The second-order valence-electron chi connectivity index (χ2n) is 10.7. The van der Waals surface area contributed by atoms with Gasteiger partial charge in [-0.1, -0.05) is 75.2 Å². The van der Waals surface area contributed by atoms with E-state index in [2.05, 4.69) is 5.32 Å². The lowest BCUT2D eigenvalue weighted by Crippen LogP contribution is -2.23. The lowest BCUT2D eigenvalue weighted by molar-refractivity contribution is -0.154. The average molecular weight is 505 g/mol. The van der Waals surface area contributed by atoms with Crippen LogP contribution in [-0.2, 0) is 16.1 Å². The van der Waals surface area contributed by atoms with Crippen molar-refractivity contribution < 1.29 is 19.4 Å². The van der Waals surface area contributed by atoms with E-state index in [0.717, 1.165) is 36.9 Å². The van der Waals surface area contributed by atoms with Gasteiger partial charge in [-0.05, 0) is 57.2 Å². The van der Waals surface area contributed by atoms with Crippen LogP contribution in [0.2, 0.25) is 0 Å². The van der Waals surface area contributed by atoms with Crippen LogP contribution in [0.3, 0.4) is 0 Å². The van der Waals surface area contributed by atoms with Gasteiger partial charge in [0.2, 0.25) is 0 Å². The van der Waals surface area contributed by atoms with Gasteiger partial charge in [-0.2, -0.15) is 0 Å².